The predicted molar refractivity (Wildman–Crippen MR) is 126 cm³/mol. The summed E-state index contributed by atoms with van der Waals surface area (Å²) in [7, 11) is 0. The first kappa shape index (κ1) is 17.8. The van der Waals surface area contributed by atoms with Crippen LogP contribution in [-0.4, -0.2) is 51.2 Å². The van der Waals surface area contributed by atoms with Gasteiger partial charge in [-0.05, 0) is 29.0 Å². The Morgan fingerprint density at radius 1 is 1.15 bits per heavy atom. The largest absolute Gasteiger partial charge is 0.479 e. The Kier molecular flexibility index (Phi) is 5.08. The van der Waals surface area contributed by atoms with Crippen LogP contribution in [0.5, 0.6) is 0 Å². The number of hydrogen-bond acceptors (Lipinski definition) is 6. The zero-order valence-corrected chi connectivity index (χ0v) is 18.7. The molecule has 2 aliphatic rings. The van der Waals surface area contributed by atoms with Crippen molar-refractivity contribution in [3.63, 3.8) is 0 Å². The summed E-state index contributed by atoms with van der Waals surface area (Å²) in [6.45, 7) is 1.57. The quantitative estimate of drug-likeness (QED) is 0.433. The van der Waals surface area contributed by atoms with Gasteiger partial charge < -0.3 is 26.4 Å². The van der Waals surface area contributed by atoms with Gasteiger partial charge in [0.05, 0.1) is 6.85 Å². The summed E-state index contributed by atoms with van der Waals surface area (Å²) in [4.78, 5) is 52.4. The Bertz CT molecular complexity index is 1380. The third-order valence-corrected chi connectivity index (χ3v) is 6.80. The maximum Gasteiger partial charge on any atom is 0.330 e. The van der Waals surface area contributed by atoms with Gasteiger partial charge >= 0.3 is 5.97 Å². The summed E-state index contributed by atoms with van der Waals surface area (Å²) in [6.07, 6.45) is 0. The van der Waals surface area contributed by atoms with Crippen molar-refractivity contribution < 1.29 is 31.1 Å². The van der Waals surface area contributed by atoms with Crippen molar-refractivity contribution in [2.45, 2.75) is 36.5 Å². The number of benzene rings is 2. The number of nitrogens with one attached hydrogen (secondary N) is 2. The maximum absolute atomic E-state index is 13.3. The predicted octanol–water partition coefficient (Wildman–Crippen LogP) is 1.30. The second-order valence-corrected chi connectivity index (χ2v) is 8.72. The molecule has 3 amide bonds. The number of carbonyl (C=O) groups is 4. The van der Waals surface area contributed by atoms with Crippen molar-refractivity contribution >= 4 is 35.5 Å². The lowest BCUT2D eigenvalue weighted by atomic mass is 9.96. The van der Waals surface area contributed by atoms with E-state index in [2.05, 4.69) is 10.6 Å². The van der Waals surface area contributed by atoms with E-state index < -0.39 is 89.0 Å². The number of thioether (sulfide) groups is 1. The van der Waals surface area contributed by atoms with Crippen molar-refractivity contribution in [1.29, 1.82) is 0 Å². The van der Waals surface area contributed by atoms with Crippen molar-refractivity contribution in [3.05, 3.63) is 82.7 Å². The molecule has 0 aromatic heterocycles. The highest BCUT2D eigenvalue weighted by Gasteiger charge is 2.55. The highest BCUT2D eigenvalue weighted by molar-refractivity contribution is 8.02. The van der Waals surface area contributed by atoms with Gasteiger partial charge in [0, 0.05) is 0 Å². The normalized spacial score (nSPS) is 25.1. The first-order valence-electron chi connectivity index (χ1n) is 12.7. The summed E-state index contributed by atoms with van der Waals surface area (Å²) in [6, 6.07) is -0.398. The minimum Gasteiger partial charge on any atom is -0.479 e. The zero-order chi connectivity index (χ0) is 28.8. The molecule has 0 saturated carbocycles. The van der Waals surface area contributed by atoms with Gasteiger partial charge in [0.15, 0.2) is 6.04 Å². The molecule has 1 fully saturated rings. The number of nitrogens with zero attached hydrogens (tertiary/aromatic N) is 1. The van der Waals surface area contributed by atoms with Gasteiger partial charge in [0.2, 0.25) is 17.7 Å². The number of amides is 3. The standard InChI is InChI=1S/C24H24N4O5S/c1-13-12-34-23-18(27-20(29)16(25)14-8-4-2-5-9-14)22(31)28(23)19(13)21(30)26-17(24(32)33)15-10-6-3-7-11-15/h2-12,16-19,23H,25H2,1H3,(H,26,30)(H,27,29)(H,32,33)/t16-,17?,18?,19?,23-/m1/s1/i3D,6D,7D,10D,11D. The first-order valence-corrected chi connectivity index (χ1v) is 11.2. The Morgan fingerprint density at radius 2 is 1.82 bits per heavy atom. The molecule has 176 valence electrons. The molecule has 4 rings (SSSR count). The summed E-state index contributed by atoms with van der Waals surface area (Å²) in [5.74, 6) is -3.74. The summed E-state index contributed by atoms with van der Waals surface area (Å²) < 4.78 is 39.5. The fraction of sp³-hybridized carbons (Fsp3) is 0.250. The molecule has 10 heteroatoms. The number of aliphatic carboxylic acids is 1. The second kappa shape index (κ2) is 9.70. The molecule has 3 unspecified atom stereocenters. The lowest BCUT2D eigenvalue weighted by molar-refractivity contribution is -0.155. The molecule has 5 N–H and O–H groups in total. The van der Waals surface area contributed by atoms with E-state index in [4.69, 9.17) is 12.6 Å². The van der Waals surface area contributed by atoms with E-state index in [0.29, 0.717) is 11.1 Å². The van der Waals surface area contributed by atoms with Crippen molar-refractivity contribution in [1.82, 2.24) is 15.5 Å². The Labute approximate surface area is 207 Å². The number of fused-ring (bicyclic) bond motifs is 1. The number of hydrogen-bond donors (Lipinski definition) is 4. The van der Waals surface area contributed by atoms with Crippen LogP contribution < -0.4 is 16.4 Å². The molecule has 34 heavy (non-hydrogen) atoms. The molecule has 0 aliphatic carbocycles. The van der Waals surface area contributed by atoms with E-state index >= 15 is 0 Å². The van der Waals surface area contributed by atoms with Crippen molar-refractivity contribution in [3.8, 4) is 0 Å². The van der Waals surface area contributed by atoms with E-state index in [1.807, 2.05) is 0 Å². The summed E-state index contributed by atoms with van der Waals surface area (Å²) in [5, 5.41) is 15.6. The van der Waals surface area contributed by atoms with Crippen LogP contribution in [0.25, 0.3) is 0 Å². The van der Waals surface area contributed by atoms with Crippen LogP contribution in [0, 0.1) is 0 Å². The molecule has 9 nitrogen and oxygen atoms in total. The molecule has 5 atom stereocenters. The van der Waals surface area contributed by atoms with Crippen LogP contribution in [0.15, 0.2) is 71.5 Å². The van der Waals surface area contributed by atoms with E-state index in [9.17, 15) is 24.3 Å². The molecule has 2 heterocycles. The number of carboxylic acid groups (broad SMARTS) is 1. The third kappa shape index (κ3) is 4.42. The van der Waals surface area contributed by atoms with Gasteiger partial charge in [-0.1, -0.05) is 60.5 Å². The third-order valence-electron chi connectivity index (χ3n) is 5.51. The summed E-state index contributed by atoms with van der Waals surface area (Å²) in [5.41, 5.74) is 6.38. The van der Waals surface area contributed by atoms with Gasteiger partial charge in [0.1, 0.15) is 23.5 Å². The fourth-order valence-corrected chi connectivity index (χ4v) is 4.95. The molecule has 0 bridgehead atoms. The topological polar surface area (TPSA) is 142 Å². The molecular weight excluding hydrogens is 456 g/mol. The first-order chi connectivity index (χ1) is 18.4. The zero-order valence-electron chi connectivity index (χ0n) is 22.9. The van der Waals surface area contributed by atoms with E-state index in [-0.39, 0.29) is 0 Å². The average molecular weight is 486 g/mol. The maximum atomic E-state index is 13.3. The van der Waals surface area contributed by atoms with Crippen LogP contribution in [0.4, 0.5) is 0 Å². The molecule has 0 radical (unpaired) electrons. The smallest absolute Gasteiger partial charge is 0.330 e. The molecule has 2 aliphatic heterocycles. The molecule has 2 aromatic carbocycles. The van der Waals surface area contributed by atoms with Crippen LogP contribution in [0.3, 0.4) is 0 Å². The summed E-state index contributed by atoms with van der Waals surface area (Å²) >= 11 is 1.20. The molecule has 2 aromatic rings. The highest BCUT2D eigenvalue weighted by atomic mass is 32.2. The second-order valence-electron chi connectivity index (χ2n) is 7.73. The molecule has 1 saturated heterocycles. The van der Waals surface area contributed by atoms with Crippen molar-refractivity contribution in [2.75, 3.05) is 0 Å². The van der Waals surface area contributed by atoms with Gasteiger partial charge in [-0.15, -0.1) is 11.8 Å². The minimum atomic E-state index is -1.98. The van der Waals surface area contributed by atoms with E-state index in [1.54, 1.807) is 42.7 Å². The highest BCUT2D eigenvalue weighted by Crippen LogP contribution is 2.40. The number of nitrogens with two attached hydrogens (primary N) is 1. The van der Waals surface area contributed by atoms with Crippen LogP contribution in [0.1, 0.15) is 37.0 Å². The van der Waals surface area contributed by atoms with Gasteiger partial charge in [-0.3, -0.25) is 14.4 Å². The molecular formula is C24H24N4O5S. The number of β-lactam (4-membered cyclic amide) rings is 1. The SMILES string of the molecule is [2H]c1c([2H])c([2H])c(C(NC(=O)C2C(C)=CS[C@@H]3C(NC(=O)[C@H](N)c4ccccc4)C(=O)N23)C(=O)O)c([2H])c1[2H]. The van der Waals surface area contributed by atoms with Crippen molar-refractivity contribution in [2.24, 2.45) is 5.73 Å². The van der Waals surface area contributed by atoms with E-state index in [0.717, 1.165) is 0 Å². The number of carbonyl (C=O) groups excluding carboxylic acids is 3. The van der Waals surface area contributed by atoms with Gasteiger partial charge in [-0.2, -0.15) is 0 Å². The molecule has 0 spiro atoms. The Hall–Kier alpha value is -3.63. The van der Waals surface area contributed by atoms with E-state index in [1.165, 1.54) is 16.7 Å². The van der Waals surface area contributed by atoms with Gasteiger partial charge in [-0.25, -0.2) is 4.79 Å². The van der Waals surface area contributed by atoms with Gasteiger partial charge in [0.25, 0.3) is 0 Å². The van der Waals surface area contributed by atoms with Crippen LogP contribution in [-0.2, 0) is 19.2 Å². The number of rotatable bonds is 7. The number of carboxylic acids is 1. The monoisotopic (exact) mass is 485 g/mol. The van der Waals surface area contributed by atoms with Crippen LogP contribution >= 0.6 is 11.8 Å². The Morgan fingerprint density at radius 3 is 2.47 bits per heavy atom. The minimum absolute atomic E-state index is 0.415. The Balaban J connectivity index is 1.55. The lowest BCUT2D eigenvalue weighted by Gasteiger charge is -2.52. The average Bonchev–Trinajstić information content (AvgIpc) is 2.92. The lowest BCUT2D eigenvalue weighted by Crippen LogP contribution is -2.74. The van der Waals surface area contributed by atoms with Crippen LogP contribution in [0.2, 0.25) is 0 Å². The fourth-order valence-electron chi connectivity index (χ4n) is 3.77.